The molecule has 18 heteroatoms. The predicted molar refractivity (Wildman–Crippen MR) is 226 cm³/mol. The Bertz CT molecular complexity index is 1540. The minimum absolute atomic E-state index is 0.0407. The Labute approximate surface area is 371 Å². The highest BCUT2D eigenvalue weighted by atomic mass is 16.7. The number of aliphatic hydroxyl groups excluding tert-OH is 5. The monoisotopic (exact) mass is 902 g/mol. The molecule has 3 fully saturated rings. The normalized spacial score (nSPS) is 46.5. The van der Waals surface area contributed by atoms with Crippen molar-refractivity contribution in [2.75, 3.05) is 27.8 Å². The first-order valence-corrected chi connectivity index (χ1v) is 22.3. The molecule has 362 valence electrons. The summed E-state index contributed by atoms with van der Waals surface area (Å²) in [5.74, 6) is -3.70. The number of ether oxygens (including phenoxy) is 8. The van der Waals surface area contributed by atoms with Crippen LogP contribution in [-0.2, 0) is 52.3 Å². The fourth-order valence-corrected chi connectivity index (χ4v) is 9.26. The average Bonchev–Trinajstić information content (AvgIpc) is 3.21. The van der Waals surface area contributed by atoms with Crippen molar-refractivity contribution in [2.24, 2.45) is 23.7 Å². The molecule has 0 bridgehead atoms. The van der Waals surface area contributed by atoms with Gasteiger partial charge < -0.3 is 78.2 Å². The van der Waals surface area contributed by atoms with E-state index in [1.807, 2.05) is 13.0 Å². The molecule has 63 heavy (non-hydrogen) atoms. The van der Waals surface area contributed by atoms with E-state index in [0.717, 1.165) is 0 Å². The van der Waals surface area contributed by atoms with E-state index in [4.69, 9.17) is 37.9 Å². The van der Waals surface area contributed by atoms with E-state index in [0.29, 0.717) is 18.3 Å². The highest BCUT2D eigenvalue weighted by molar-refractivity contribution is 5.91. The molecule has 0 radical (unpaired) electrons. The molecule has 4 rings (SSSR count). The second kappa shape index (κ2) is 23.5. The van der Waals surface area contributed by atoms with Crippen LogP contribution in [-0.4, -0.2) is 185 Å². The molecule has 0 saturated carbocycles. The molecule has 4 heterocycles. The van der Waals surface area contributed by atoms with E-state index in [-0.39, 0.29) is 31.7 Å². The van der Waals surface area contributed by atoms with Gasteiger partial charge in [0.2, 0.25) is 0 Å². The number of likely N-dealkylation sites (N-methyl/N-ethyl adjacent to an activating group) is 1. The first-order chi connectivity index (χ1) is 29.5. The van der Waals surface area contributed by atoms with E-state index in [1.165, 1.54) is 20.1 Å². The van der Waals surface area contributed by atoms with Crippen LogP contribution in [0.2, 0.25) is 0 Å². The molecule has 0 aromatic carbocycles. The lowest BCUT2D eigenvalue weighted by Crippen LogP contribution is -2.65. The molecular weight excluding hydrogens is 826 g/mol. The van der Waals surface area contributed by atoms with Gasteiger partial charge in [0.05, 0.1) is 55.2 Å². The van der Waals surface area contributed by atoms with Crippen molar-refractivity contribution >= 4 is 18.0 Å². The van der Waals surface area contributed by atoms with Gasteiger partial charge in [0.15, 0.2) is 24.7 Å². The SMILES string of the molecule is CC[C@H]1OC(=O)C[C@@H](O)[C@H](C)C(O[C@@H]2O[C@H](C)[C@@H](O[C@H]3C[C@@](C)(O)[C@@H](O)[C@H](C)O3)[C@H](N(C)C)[C@H]2O)[C@@H](CC=O)C[C@@H](C)C(=O)/C=C/C(C)=C/C1CO[C@@H]1O[C@H](C)[C@@H](O)[C@@H](O)[C@H]1OC. The molecule has 0 aromatic heterocycles. The van der Waals surface area contributed by atoms with E-state index < -0.39 is 140 Å². The van der Waals surface area contributed by atoms with Crippen molar-refractivity contribution in [1.29, 1.82) is 0 Å². The van der Waals surface area contributed by atoms with Gasteiger partial charge in [-0.25, -0.2) is 0 Å². The number of ketones is 1. The zero-order chi connectivity index (χ0) is 47.1. The van der Waals surface area contributed by atoms with E-state index >= 15 is 0 Å². The van der Waals surface area contributed by atoms with Crippen molar-refractivity contribution in [2.45, 2.75) is 191 Å². The summed E-state index contributed by atoms with van der Waals surface area (Å²) in [7, 11) is 4.86. The minimum atomic E-state index is -1.49. The van der Waals surface area contributed by atoms with Gasteiger partial charge in [0, 0.05) is 37.7 Å². The Morgan fingerprint density at radius 1 is 0.873 bits per heavy atom. The molecule has 4 aliphatic rings. The Hall–Kier alpha value is -2.27. The number of methoxy groups -OCH3 is 1. The molecule has 3 saturated heterocycles. The number of cyclic esters (lactones) is 1. The molecule has 0 spiro atoms. The second-order valence-electron chi connectivity index (χ2n) is 18.5. The number of aliphatic hydroxyl groups is 6. The summed E-state index contributed by atoms with van der Waals surface area (Å²) in [5.41, 5.74) is -0.837. The molecule has 18 nitrogen and oxygen atoms in total. The van der Waals surface area contributed by atoms with Gasteiger partial charge in [-0.1, -0.05) is 38.5 Å². The number of aldehydes is 1. The van der Waals surface area contributed by atoms with Gasteiger partial charge in [0.25, 0.3) is 0 Å². The van der Waals surface area contributed by atoms with Crippen LogP contribution in [0.5, 0.6) is 0 Å². The van der Waals surface area contributed by atoms with Crippen LogP contribution in [0.15, 0.2) is 23.8 Å². The largest absolute Gasteiger partial charge is 0.462 e. The molecule has 0 aliphatic carbocycles. The van der Waals surface area contributed by atoms with Crippen LogP contribution in [0, 0.1) is 23.7 Å². The van der Waals surface area contributed by atoms with Crippen molar-refractivity contribution in [3.05, 3.63) is 23.8 Å². The summed E-state index contributed by atoms with van der Waals surface area (Å²) in [6, 6.07) is -0.754. The van der Waals surface area contributed by atoms with E-state index in [9.17, 15) is 45.0 Å². The third kappa shape index (κ3) is 13.4. The summed E-state index contributed by atoms with van der Waals surface area (Å²) < 4.78 is 48.5. The Morgan fingerprint density at radius 2 is 1.54 bits per heavy atom. The third-order valence-corrected chi connectivity index (χ3v) is 13.2. The van der Waals surface area contributed by atoms with Gasteiger partial charge in [-0.3, -0.25) is 9.59 Å². The first kappa shape index (κ1) is 53.3. The highest BCUT2D eigenvalue weighted by Crippen LogP contribution is 2.37. The maximum absolute atomic E-state index is 13.7. The molecule has 2 unspecified atom stereocenters. The molecule has 0 amide bonds. The fourth-order valence-electron chi connectivity index (χ4n) is 9.26. The predicted octanol–water partition coefficient (Wildman–Crippen LogP) is 1.18. The summed E-state index contributed by atoms with van der Waals surface area (Å²) in [6.45, 7) is 13.4. The summed E-state index contributed by atoms with van der Waals surface area (Å²) >= 11 is 0. The average molecular weight is 902 g/mol. The third-order valence-electron chi connectivity index (χ3n) is 13.2. The zero-order valence-electron chi connectivity index (χ0n) is 38.7. The number of hydrogen-bond acceptors (Lipinski definition) is 18. The molecule has 6 N–H and O–H groups in total. The summed E-state index contributed by atoms with van der Waals surface area (Å²) in [6.07, 6.45) is -10.0. The molecule has 4 aliphatic heterocycles. The van der Waals surface area contributed by atoms with Gasteiger partial charge in [-0.15, -0.1) is 0 Å². The molecule has 0 aromatic rings. The van der Waals surface area contributed by atoms with Crippen molar-refractivity contribution in [3.8, 4) is 0 Å². The van der Waals surface area contributed by atoms with Crippen LogP contribution in [0.1, 0.15) is 87.5 Å². The van der Waals surface area contributed by atoms with Crippen LogP contribution >= 0.6 is 0 Å². The Kier molecular flexibility index (Phi) is 19.9. The number of carbonyl (C=O) groups excluding carboxylic acids is 3. The standard InChI is InChI=1S/C45H75NO17/c1-12-32-29(21-57-44-41(56-11)38(53)36(51)25(5)59-44)17-22(2)13-14-30(48)23(3)18-28(15-16-47)39(24(4)31(49)19-33(50)61-32)63-43-37(52)35(46(9)10)40(26(6)60-43)62-34-20-45(8,55)42(54)27(7)58-34/h13-14,16-17,23-29,31-32,34-44,49,51-55H,12,15,18-21H2,1-11H3/b14-13+,22-17+/t23-,24+,25-,26-,27+,28+,29?,31-,32-,34+,35-,36-,37-,38-,39?,40-,41-,42+,43+,44-,45-/m1/s1. The van der Waals surface area contributed by atoms with Gasteiger partial charge in [0.1, 0.15) is 49.0 Å². The number of hydrogen-bond donors (Lipinski definition) is 6. The number of carbonyl (C=O) groups is 3. The van der Waals surface area contributed by atoms with E-state index in [1.54, 1.807) is 66.6 Å². The minimum Gasteiger partial charge on any atom is -0.462 e. The number of allylic oxidation sites excluding steroid dienone is 3. The Balaban J connectivity index is 1.62. The van der Waals surface area contributed by atoms with Crippen molar-refractivity contribution in [1.82, 2.24) is 4.90 Å². The van der Waals surface area contributed by atoms with Gasteiger partial charge in [-0.2, -0.15) is 0 Å². The Morgan fingerprint density at radius 3 is 2.14 bits per heavy atom. The lowest BCUT2D eigenvalue weighted by atomic mass is 9.79. The quantitative estimate of drug-likeness (QED) is 0.119. The lowest BCUT2D eigenvalue weighted by molar-refractivity contribution is -0.341. The number of esters is 1. The summed E-state index contributed by atoms with van der Waals surface area (Å²) in [5, 5.41) is 66.0. The smallest absolute Gasteiger partial charge is 0.308 e. The zero-order valence-corrected chi connectivity index (χ0v) is 38.7. The highest BCUT2D eigenvalue weighted by Gasteiger charge is 2.51. The molecule has 21 atom stereocenters. The van der Waals surface area contributed by atoms with Gasteiger partial charge in [-0.05, 0) is 73.5 Å². The van der Waals surface area contributed by atoms with Crippen LogP contribution < -0.4 is 0 Å². The van der Waals surface area contributed by atoms with Crippen molar-refractivity contribution < 1.29 is 82.9 Å². The number of nitrogens with zero attached hydrogens (tertiary/aromatic N) is 1. The maximum atomic E-state index is 13.7. The van der Waals surface area contributed by atoms with Crippen molar-refractivity contribution in [3.63, 3.8) is 0 Å². The van der Waals surface area contributed by atoms with Crippen LogP contribution in [0.25, 0.3) is 0 Å². The molecular formula is C45H75NO17. The maximum Gasteiger partial charge on any atom is 0.308 e. The first-order valence-electron chi connectivity index (χ1n) is 22.3. The van der Waals surface area contributed by atoms with E-state index in [2.05, 4.69) is 0 Å². The fraction of sp³-hybridized carbons (Fsp3) is 0.844. The lowest BCUT2D eigenvalue weighted by Gasteiger charge is -2.50. The van der Waals surface area contributed by atoms with Crippen LogP contribution in [0.3, 0.4) is 0 Å². The number of rotatable bonds is 12. The van der Waals surface area contributed by atoms with Crippen LogP contribution in [0.4, 0.5) is 0 Å². The second-order valence-corrected chi connectivity index (χ2v) is 18.5. The summed E-state index contributed by atoms with van der Waals surface area (Å²) in [4.78, 5) is 41.4. The van der Waals surface area contributed by atoms with Gasteiger partial charge >= 0.3 is 5.97 Å². The topological polar surface area (TPSA) is 250 Å².